The first-order chi connectivity index (χ1) is 9.78. The molecule has 0 amide bonds. The van der Waals surface area contributed by atoms with E-state index in [-0.39, 0.29) is 0 Å². The lowest BCUT2D eigenvalue weighted by Gasteiger charge is -2.05. The molecule has 0 radical (unpaired) electrons. The predicted molar refractivity (Wildman–Crippen MR) is 78.6 cm³/mol. The van der Waals surface area contributed by atoms with Crippen molar-refractivity contribution in [2.24, 2.45) is 7.05 Å². The summed E-state index contributed by atoms with van der Waals surface area (Å²) in [6, 6.07) is 8.91. The Morgan fingerprint density at radius 3 is 2.55 bits per heavy atom. The Labute approximate surface area is 120 Å². The number of benzene rings is 1. The lowest BCUT2D eigenvalue weighted by molar-refractivity contribution is 0.280. The van der Waals surface area contributed by atoms with Crippen LogP contribution in [0, 0.1) is 0 Å². The minimum atomic E-state index is 0.417. The summed E-state index contributed by atoms with van der Waals surface area (Å²) >= 11 is 0. The molecule has 5 heteroatoms. The van der Waals surface area contributed by atoms with Gasteiger partial charge in [-0.1, -0.05) is 31.2 Å². The zero-order chi connectivity index (χ0) is 14.2. The molecule has 0 aliphatic carbocycles. The van der Waals surface area contributed by atoms with Gasteiger partial charge in [0.15, 0.2) is 0 Å². The Bertz CT molecular complexity index is 507. The second-order valence-electron chi connectivity index (χ2n) is 4.81. The van der Waals surface area contributed by atoms with Crippen molar-refractivity contribution in [1.29, 1.82) is 0 Å². The second kappa shape index (κ2) is 7.65. The van der Waals surface area contributed by atoms with E-state index in [1.807, 2.05) is 7.05 Å². The van der Waals surface area contributed by atoms with Gasteiger partial charge in [0, 0.05) is 7.05 Å². The lowest BCUT2D eigenvalue weighted by Crippen LogP contribution is -2.17. The number of nitrogens with zero attached hydrogens (tertiary/aromatic N) is 3. The van der Waals surface area contributed by atoms with Gasteiger partial charge in [-0.25, -0.2) is 0 Å². The largest absolute Gasteiger partial charge is 0.458 e. The van der Waals surface area contributed by atoms with Crippen LogP contribution in [0.4, 0.5) is 0 Å². The second-order valence-corrected chi connectivity index (χ2v) is 4.81. The average molecular weight is 274 g/mol. The highest BCUT2D eigenvalue weighted by Gasteiger charge is 2.00. The van der Waals surface area contributed by atoms with Crippen molar-refractivity contribution >= 4 is 0 Å². The summed E-state index contributed by atoms with van der Waals surface area (Å²) in [5.74, 6) is 0. The van der Waals surface area contributed by atoms with Crippen molar-refractivity contribution in [3.63, 3.8) is 0 Å². The van der Waals surface area contributed by atoms with Crippen LogP contribution in [0.5, 0.6) is 6.01 Å². The van der Waals surface area contributed by atoms with Crippen molar-refractivity contribution in [2.75, 3.05) is 13.1 Å². The molecule has 5 nitrogen and oxygen atoms in total. The van der Waals surface area contributed by atoms with Crippen molar-refractivity contribution in [2.45, 2.75) is 26.4 Å². The molecule has 1 aromatic carbocycles. The molecule has 0 atom stereocenters. The van der Waals surface area contributed by atoms with Gasteiger partial charge in [0.1, 0.15) is 12.9 Å². The van der Waals surface area contributed by atoms with Crippen LogP contribution in [-0.4, -0.2) is 27.9 Å². The SMILES string of the molecule is CCCNCCc1ccc(COc2ncn(C)n2)cc1. The Hall–Kier alpha value is -1.88. The topological polar surface area (TPSA) is 52.0 Å². The summed E-state index contributed by atoms with van der Waals surface area (Å²) in [5, 5.41) is 7.48. The molecule has 0 unspecified atom stereocenters. The zero-order valence-electron chi connectivity index (χ0n) is 12.2. The standard InChI is InChI=1S/C15H22N4O/c1-3-9-16-10-8-13-4-6-14(7-5-13)11-20-15-17-12-19(2)18-15/h4-7,12,16H,3,8-11H2,1-2H3. The number of rotatable bonds is 8. The molecule has 0 fully saturated rings. The molecule has 0 saturated carbocycles. The summed E-state index contributed by atoms with van der Waals surface area (Å²) in [6.45, 7) is 4.79. The molecule has 1 heterocycles. The maximum Gasteiger partial charge on any atom is 0.335 e. The minimum absolute atomic E-state index is 0.417. The first kappa shape index (κ1) is 14.5. The third-order valence-electron chi connectivity index (χ3n) is 2.99. The highest BCUT2D eigenvalue weighted by atomic mass is 16.5. The van der Waals surface area contributed by atoms with E-state index in [4.69, 9.17) is 4.74 Å². The lowest BCUT2D eigenvalue weighted by atomic mass is 10.1. The van der Waals surface area contributed by atoms with Gasteiger partial charge in [0.05, 0.1) is 0 Å². The van der Waals surface area contributed by atoms with Gasteiger partial charge in [-0.15, -0.1) is 5.10 Å². The molecule has 108 valence electrons. The summed E-state index contributed by atoms with van der Waals surface area (Å²) in [7, 11) is 1.82. The molecule has 1 N–H and O–H groups in total. The van der Waals surface area contributed by atoms with Crippen LogP contribution in [0.15, 0.2) is 30.6 Å². The van der Waals surface area contributed by atoms with Gasteiger partial charge in [-0.05, 0) is 37.1 Å². The van der Waals surface area contributed by atoms with E-state index < -0.39 is 0 Å². The number of aromatic nitrogens is 3. The third kappa shape index (κ3) is 4.66. The number of hydrogen-bond donors (Lipinski definition) is 1. The Morgan fingerprint density at radius 1 is 1.15 bits per heavy atom. The molecule has 1 aromatic heterocycles. The summed E-state index contributed by atoms with van der Waals surface area (Å²) in [6.07, 6.45) is 3.86. The maximum atomic E-state index is 5.51. The first-order valence-electron chi connectivity index (χ1n) is 7.05. The fraction of sp³-hybridized carbons (Fsp3) is 0.467. The summed E-state index contributed by atoms with van der Waals surface area (Å²) < 4.78 is 7.14. The van der Waals surface area contributed by atoms with Crippen LogP contribution in [-0.2, 0) is 20.1 Å². The predicted octanol–water partition coefficient (Wildman–Crippen LogP) is 1.94. The molecule has 0 spiro atoms. The van der Waals surface area contributed by atoms with E-state index in [0.29, 0.717) is 12.6 Å². The number of hydrogen-bond acceptors (Lipinski definition) is 4. The molecule has 0 saturated heterocycles. The van der Waals surface area contributed by atoms with Gasteiger partial charge < -0.3 is 10.1 Å². The maximum absolute atomic E-state index is 5.51. The highest BCUT2D eigenvalue weighted by molar-refractivity contribution is 5.22. The highest BCUT2D eigenvalue weighted by Crippen LogP contribution is 2.08. The molecule has 2 rings (SSSR count). The Morgan fingerprint density at radius 2 is 1.90 bits per heavy atom. The molecular formula is C15H22N4O. The van der Waals surface area contributed by atoms with E-state index in [9.17, 15) is 0 Å². The Balaban J connectivity index is 1.76. The minimum Gasteiger partial charge on any atom is -0.458 e. The smallest absolute Gasteiger partial charge is 0.335 e. The fourth-order valence-electron chi connectivity index (χ4n) is 1.87. The van der Waals surface area contributed by atoms with Gasteiger partial charge in [0.25, 0.3) is 0 Å². The van der Waals surface area contributed by atoms with Gasteiger partial charge in [-0.3, -0.25) is 4.68 Å². The van der Waals surface area contributed by atoms with E-state index >= 15 is 0 Å². The van der Waals surface area contributed by atoms with Gasteiger partial charge >= 0.3 is 6.01 Å². The molecule has 0 aliphatic rings. The van der Waals surface area contributed by atoms with E-state index in [0.717, 1.165) is 25.1 Å². The zero-order valence-corrected chi connectivity index (χ0v) is 12.2. The first-order valence-corrected chi connectivity index (χ1v) is 7.05. The van der Waals surface area contributed by atoms with Crippen molar-refractivity contribution in [3.05, 3.63) is 41.7 Å². The Kier molecular flexibility index (Phi) is 5.55. The third-order valence-corrected chi connectivity index (χ3v) is 2.99. The van der Waals surface area contributed by atoms with Crippen LogP contribution in [0.1, 0.15) is 24.5 Å². The summed E-state index contributed by atoms with van der Waals surface area (Å²) in [5.41, 5.74) is 2.47. The molecule has 0 aliphatic heterocycles. The van der Waals surface area contributed by atoms with Crippen LogP contribution < -0.4 is 10.1 Å². The van der Waals surface area contributed by atoms with Crippen LogP contribution >= 0.6 is 0 Å². The monoisotopic (exact) mass is 274 g/mol. The molecule has 0 bridgehead atoms. The summed E-state index contributed by atoms with van der Waals surface area (Å²) in [4.78, 5) is 4.03. The van der Waals surface area contributed by atoms with Crippen molar-refractivity contribution < 1.29 is 4.74 Å². The van der Waals surface area contributed by atoms with Crippen LogP contribution in [0.3, 0.4) is 0 Å². The number of aryl methyl sites for hydroxylation is 1. The molecular weight excluding hydrogens is 252 g/mol. The van der Waals surface area contributed by atoms with Gasteiger partial charge in [-0.2, -0.15) is 4.98 Å². The van der Waals surface area contributed by atoms with Crippen LogP contribution in [0.2, 0.25) is 0 Å². The van der Waals surface area contributed by atoms with Crippen molar-refractivity contribution in [3.8, 4) is 6.01 Å². The van der Waals surface area contributed by atoms with E-state index in [2.05, 4.69) is 46.6 Å². The normalized spacial score (nSPS) is 10.7. The van der Waals surface area contributed by atoms with Crippen molar-refractivity contribution in [1.82, 2.24) is 20.1 Å². The molecule has 2 aromatic rings. The van der Waals surface area contributed by atoms with E-state index in [1.54, 1.807) is 11.0 Å². The van der Waals surface area contributed by atoms with Gasteiger partial charge in [0.2, 0.25) is 0 Å². The van der Waals surface area contributed by atoms with Crippen LogP contribution in [0.25, 0.3) is 0 Å². The quantitative estimate of drug-likeness (QED) is 0.747. The molecule has 20 heavy (non-hydrogen) atoms. The fourth-order valence-corrected chi connectivity index (χ4v) is 1.87. The van der Waals surface area contributed by atoms with E-state index in [1.165, 1.54) is 12.0 Å². The number of nitrogens with one attached hydrogen (secondary N) is 1. The number of ether oxygens (including phenoxy) is 1. The average Bonchev–Trinajstić information content (AvgIpc) is 2.88.